The van der Waals surface area contributed by atoms with Crippen LogP contribution in [0.4, 0.5) is 45.5 Å². The molecule has 0 atom stereocenters. The molecule has 0 saturated carbocycles. The smallest absolute Gasteiger partial charge is 0.267 e. The summed E-state index contributed by atoms with van der Waals surface area (Å²) in [5, 5.41) is 21.7. The third-order valence-electron chi connectivity index (χ3n) is 28.2. The van der Waals surface area contributed by atoms with Crippen LogP contribution >= 0.6 is 63.7 Å². The molecule has 12 amide bonds. The number of imide groups is 6. The molecule has 0 bridgehead atoms. The normalized spacial score (nSPS) is 14.4. The number of benzene rings is 12. The van der Waals surface area contributed by atoms with Crippen LogP contribution in [0.3, 0.4) is 0 Å². The van der Waals surface area contributed by atoms with Gasteiger partial charge < -0.3 is 0 Å². The lowest BCUT2D eigenvalue weighted by atomic mass is 9.81. The van der Waals surface area contributed by atoms with E-state index in [9.17, 15) is 68.1 Å². The Morgan fingerprint density at radius 3 is 0.583 bits per heavy atom. The summed E-state index contributed by atoms with van der Waals surface area (Å²) in [7, 11) is 0. The van der Waals surface area contributed by atoms with E-state index in [1.165, 1.54) is 34.1 Å². The Morgan fingerprint density at radius 1 is 0.222 bits per heavy atom. The number of hydrogen-bond acceptors (Lipinski definition) is 14. The zero-order chi connectivity index (χ0) is 105. The van der Waals surface area contributed by atoms with Gasteiger partial charge in [-0.3, -0.25) is 57.5 Å². The van der Waals surface area contributed by atoms with Crippen LogP contribution in [0.1, 0.15) is 439 Å². The summed E-state index contributed by atoms with van der Waals surface area (Å²) in [5.74, 6) is -7.91. The fraction of sp³-hybridized carbons (Fsp3) is 0.305. The van der Waals surface area contributed by atoms with E-state index in [2.05, 4.69) is 85.5 Å². The van der Waals surface area contributed by atoms with E-state index in [0.29, 0.717) is 52.0 Å². The average molecular weight is 2180 g/mol. The maximum absolute atomic E-state index is 14.8. The predicted octanol–water partition coefficient (Wildman–Crippen LogP) is 30.7. The quantitative estimate of drug-likeness (QED) is 0.0570. The van der Waals surface area contributed by atoms with Crippen molar-refractivity contribution in [2.24, 2.45) is 0 Å². The lowest BCUT2D eigenvalue weighted by Gasteiger charge is -2.37. The van der Waals surface area contributed by atoms with E-state index < -0.39 is 70.9 Å². The fourth-order valence-electron chi connectivity index (χ4n) is 21.3. The van der Waals surface area contributed by atoms with Gasteiger partial charge in [-0.15, -0.1) is 0 Å². The van der Waals surface area contributed by atoms with Crippen LogP contribution in [-0.2, 0) is 0 Å². The summed E-state index contributed by atoms with van der Waals surface area (Å²) < 4.78 is 1.36. The summed E-state index contributed by atoms with van der Waals surface area (Å²) in [4.78, 5) is 190. The number of rotatable bonds is 18. The number of hydrogen-bond donors (Lipinski definition) is 0. The number of carbonyl (C=O) groups is 12. The Balaban J connectivity index is 0.000000155. The van der Waals surface area contributed by atoms with Crippen molar-refractivity contribution in [3.8, 4) is 12.1 Å². The van der Waals surface area contributed by atoms with Crippen molar-refractivity contribution in [1.82, 2.24) is 0 Å². The number of amides is 12. The number of carbonyl (C=O) groups excluding carboxylic acids is 12. The van der Waals surface area contributed by atoms with Crippen molar-refractivity contribution in [2.75, 3.05) is 29.4 Å². The highest BCUT2D eigenvalue weighted by Crippen LogP contribution is 2.57. The molecule has 0 aromatic heterocycles. The van der Waals surface area contributed by atoms with Gasteiger partial charge in [0.05, 0.1) is 108 Å². The topological polar surface area (TPSA) is 281 Å². The number of para-hydroxylation sites is 6. The predicted molar refractivity (Wildman–Crippen MR) is 579 cm³/mol. The van der Waals surface area contributed by atoms with Gasteiger partial charge in [-0.05, 0) is 237 Å². The maximum atomic E-state index is 14.8. The summed E-state index contributed by atoms with van der Waals surface area (Å²) in [6.45, 7) is 64.2. The minimum Gasteiger partial charge on any atom is -0.270 e. The van der Waals surface area contributed by atoms with E-state index in [0.717, 1.165) is 86.4 Å². The third kappa shape index (κ3) is 15.8. The molecule has 728 valence electrons. The number of halogens is 4. The Morgan fingerprint density at radius 2 is 0.375 bits per heavy atom. The zero-order valence-corrected chi connectivity index (χ0v) is 90.9. The highest BCUT2D eigenvalue weighted by atomic mass is 79.9. The first-order chi connectivity index (χ1) is 68.1. The molecule has 12 aromatic rings. The molecule has 0 unspecified atom stereocenters. The van der Waals surface area contributed by atoms with Crippen LogP contribution in [0.25, 0.3) is 42.0 Å². The van der Waals surface area contributed by atoms with Gasteiger partial charge >= 0.3 is 0 Å². The molecule has 0 spiro atoms. The van der Waals surface area contributed by atoms with Gasteiger partial charge in [0.2, 0.25) is 11.4 Å². The standard InChI is InChI=1S/2C40H36N4O4.C38H34Br4N2O4/c1-19(2)24-12-10-13-25(20(3)4)35(24)43-38(46)29-17-30(42-9)34-33-28(16-23(18-41)31(32(29)33)39(43)47)37(45)44(40(34)48)36-26(21(5)6)14-11-15-27(36)22(7)8;1-19(2)24-12-10-13-25(20(3)4)35(24)43-37(45)28-16-23(18-41)31-34-32(28)29(38(43)46)17-30(42-9)33(34)40(48)44(39(31)47)36-26(21(5)6)14-11-15-27(36)22(7)8;1-15(2)19-11-9-12-20(16(3)4)33(19)43-35(45)25-23-24-27(31(41)29(25)39)37(47)44(34-21(17(5)6)13-10-14-22(34)18(7)8)38(48)28(24)32(42)30(40)26(23)36(43)46/h2*10-17,19-22H,1-8H3;9-18H,1-8H3. The zero-order valence-electron chi connectivity index (χ0n) is 84.5. The van der Waals surface area contributed by atoms with Gasteiger partial charge in [-0.25, -0.2) is 39.1 Å². The minimum absolute atomic E-state index is 0.000431. The van der Waals surface area contributed by atoms with Crippen molar-refractivity contribution in [1.29, 1.82) is 10.5 Å². The minimum atomic E-state index is -0.728. The average Bonchev–Trinajstić information content (AvgIpc) is 0.690. The number of anilines is 6. The van der Waals surface area contributed by atoms with E-state index in [1.54, 1.807) is 0 Å². The molecule has 22 nitrogen and oxygen atoms in total. The van der Waals surface area contributed by atoms with Crippen molar-refractivity contribution < 1.29 is 57.5 Å². The van der Waals surface area contributed by atoms with Crippen LogP contribution in [0.2, 0.25) is 0 Å². The molecule has 0 saturated heterocycles. The van der Waals surface area contributed by atoms with Crippen LogP contribution < -0.4 is 29.4 Å². The number of nitrogens with zero attached hydrogens (tertiary/aromatic N) is 10. The lowest BCUT2D eigenvalue weighted by Crippen LogP contribution is -2.45. The van der Waals surface area contributed by atoms with Gasteiger partial charge in [0, 0.05) is 56.1 Å². The Kier molecular flexibility index (Phi) is 27.7. The number of nitriles is 2. The van der Waals surface area contributed by atoms with Crippen molar-refractivity contribution in [3.63, 3.8) is 0 Å². The Labute approximate surface area is 871 Å². The van der Waals surface area contributed by atoms with Crippen LogP contribution in [0.5, 0.6) is 0 Å². The van der Waals surface area contributed by atoms with Crippen LogP contribution in [0, 0.1) is 35.8 Å². The highest BCUT2D eigenvalue weighted by molar-refractivity contribution is 9.13. The molecular formula is C118H106Br4N10O12. The monoisotopic (exact) mass is 2170 g/mol. The van der Waals surface area contributed by atoms with E-state index in [4.69, 9.17) is 13.1 Å². The second-order valence-electron chi connectivity index (χ2n) is 41.0. The van der Waals surface area contributed by atoms with Crippen molar-refractivity contribution in [2.45, 2.75) is 237 Å². The first kappa shape index (κ1) is 103. The van der Waals surface area contributed by atoms with Crippen molar-refractivity contribution >= 4 is 212 Å². The molecule has 6 aliphatic rings. The summed E-state index contributed by atoms with van der Waals surface area (Å²) in [5.41, 5.74) is 12.9. The molecule has 0 fully saturated rings. The molecule has 0 radical (unpaired) electrons. The van der Waals surface area contributed by atoms with Gasteiger partial charge in [-0.2, -0.15) is 10.5 Å². The maximum Gasteiger partial charge on any atom is 0.267 e. The third-order valence-corrected chi connectivity index (χ3v) is 32.5. The van der Waals surface area contributed by atoms with Gasteiger partial charge in [-0.1, -0.05) is 275 Å². The SMILES string of the molecule is CC(C)c1cccc(C(C)C)c1N1C(=O)c2c(Br)c(Br)c3c4c(c(Br)c(Br)c(c24)C1=O)C(=O)N(c1c(C(C)C)cccc1C(C)C)C3=O.[C-]#[N+]c1cc2c3c(c(C#N)cc4c3c1C(=O)N(c1c(C(C)C)cccc1C(C)C)C4=O)C(=O)N(c1c(C(C)C)cccc1C(C)C)C2=O.[C-]#[N+]c1cc2c3c(cc(C#N)c4c3c1C(=O)N(c1c(C(C)C)cccc1C(C)C)C4=O)C(=O)N(c1c(C(C)C)cccc1C(C)C)C2=O. The molecule has 6 heterocycles. The van der Waals surface area contributed by atoms with Gasteiger partial charge in [0.25, 0.3) is 70.9 Å². The largest absolute Gasteiger partial charge is 0.270 e. The molecule has 0 N–H and O–H groups in total. The van der Waals surface area contributed by atoms with Crippen LogP contribution in [-0.4, -0.2) is 70.9 Å². The molecule has 26 heteroatoms. The molecule has 0 aliphatic carbocycles. The molecule has 18 rings (SSSR count). The van der Waals surface area contributed by atoms with E-state index in [-0.39, 0.29) is 193 Å². The van der Waals surface area contributed by atoms with E-state index in [1.807, 2.05) is 275 Å². The summed E-state index contributed by atoms with van der Waals surface area (Å²) >= 11 is 14.7. The van der Waals surface area contributed by atoms with Crippen LogP contribution in [0.15, 0.2) is 151 Å². The van der Waals surface area contributed by atoms with Crippen molar-refractivity contribution in [3.05, 3.63) is 319 Å². The second-order valence-corrected chi connectivity index (χ2v) is 44.2. The summed E-state index contributed by atoms with van der Waals surface area (Å²) in [6, 6.07) is 44.0. The first-order valence-corrected chi connectivity index (χ1v) is 51.6. The molecule has 12 aromatic carbocycles. The Bertz CT molecular complexity index is 7400. The van der Waals surface area contributed by atoms with Gasteiger partial charge in [0.15, 0.2) is 0 Å². The molecular weight excluding hydrogens is 2070 g/mol. The fourth-order valence-corrected chi connectivity index (χ4v) is 23.6. The molecule has 144 heavy (non-hydrogen) atoms. The highest BCUT2D eigenvalue weighted by Gasteiger charge is 2.52. The summed E-state index contributed by atoms with van der Waals surface area (Å²) in [6.07, 6.45) is 0. The first-order valence-electron chi connectivity index (χ1n) is 48.4. The second kappa shape index (κ2) is 38.7. The molecule has 6 aliphatic heterocycles. The lowest BCUT2D eigenvalue weighted by molar-refractivity contribution is 0.0870. The van der Waals surface area contributed by atoms with Gasteiger partial charge in [0.1, 0.15) is 12.1 Å². The van der Waals surface area contributed by atoms with E-state index >= 15 is 0 Å². The Hall–Kier alpha value is -13.9.